The van der Waals surface area contributed by atoms with Crippen LogP contribution in [-0.4, -0.2) is 49.6 Å². The maximum atomic E-state index is 2.52. The van der Waals surface area contributed by atoms with Gasteiger partial charge < -0.3 is 9.80 Å². The Hall–Kier alpha value is -3.59. The highest BCUT2D eigenvalue weighted by atomic mass is 15.1. The number of rotatable bonds is 4. The van der Waals surface area contributed by atoms with Gasteiger partial charge in [0.15, 0.2) is 0 Å². The van der Waals surface area contributed by atoms with E-state index in [1.807, 2.05) is 0 Å². The lowest BCUT2D eigenvalue weighted by atomic mass is 9.93. The van der Waals surface area contributed by atoms with Crippen LogP contribution in [0.5, 0.6) is 0 Å². The minimum Gasteiger partial charge on any atom is -0.372 e. The van der Waals surface area contributed by atoms with Gasteiger partial charge in [-0.25, -0.2) is 4.58 Å². The van der Waals surface area contributed by atoms with E-state index in [1.165, 1.54) is 128 Å². The van der Waals surface area contributed by atoms with Crippen LogP contribution < -0.4 is 20.2 Å². The minimum atomic E-state index is 1.18. The second-order valence-electron chi connectivity index (χ2n) is 11.3. The van der Waals surface area contributed by atoms with Gasteiger partial charge in [-0.05, 0) is 94.8 Å². The summed E-state index contributed by atoms with van der Waals surface area (Å²) in [5.41, 5.74) is 9.26. The van der Waals surface area contributed by atoms with Gasteiger partial charge in [0.25, 0.3) is 0 Å². The van der Waals surface area contributed by atoms with Crippen LogP contribution in [0, 0.1) is 0 Å². The van der Waals surface area contributed by atoms with E-state index in [1.54, 1.807) is 0 Å². The number of fused-ring (bicyclic) bond motifs is 1. The molecule has 3 aliphatic heterocycles. The lowest BCUT2D eigenvalue weighted by Gasteiger charge is -2.20. The zero-order valence-corrected chi connectivity index (χ0v) is 22.4. The van der Waals surface area contributed by atoms with E-state index in [-0.39, 0.29) is 0 Å². The largest absolute Gasteiger partial charge is 0.372 e. The molecule has 0 N–H and O–H groups in total. The van der Waals surface area contributed by atoms with Crippen molar-refractivity contribution in [3.05, 3.63) is 99.9 Å². The van der Waals surface area contributed by atoms with Gasteiger partial charge in [0, 0.05) is 62.5 Å². The Morgan fingerprint density at radius 3 is 1.68 bits per heavy atom. The van der Waals surface area contributed by atoms with E-state index < -0.39 is 0 Å². The quantitative estimate of drug-likeness (QED) is 0.456. The predicted octanol–water partition coefficient (Wildman–Crippen LogP) is 5.19. The number of nitrogens with zero attached hydrogens (tertiary/aromatic N) is 3. The van der Waals surface area contributed by atoms with E-state index in [0.29, 0.717) is 0 Å². The van der Waals surface area contributed by atoms with E-state index in [4.69, 9.17) is 0 Å². The number of benzene rings is 3. The lowest BCUT2D eigenvalue weighted by Crippen LogP contribution is -2.23. The molecule has 3 nitrogen and oxygen atoms in total. The summed E-state index contributed by atoms with van der Waals surface area (Å²) in [5, 5.41) is 2.61. The van der Waals surface area contributed by atoms with Crippen LogP contribution in [0.4, 0.5) is 11.4 Å². The molecule has 0 spiro atoms. The molecule has 3 heterocycles. The van der Waals surface area contributed by atoms with Crippen molar-refractivity contribution in [2.24, 2.45) is 0 Å². The molecule has 3 aromatic carbocycles. The molecule has 0 aromatic heterocycles. The summed E-state index contributed by atoms with van der Waals surface area (Å²) < 4.78 is 2.52. The van der Waals surface area contributed by atoms with Gasteiger partial charge in [-0.3, -0.25) is 0 Å². The van der Waals surface area contributed by atoms with Gasteiger partial charge in [0.2, 0.25) is 5.71 Å². The Kier molecular flexibility index (Phi) is 6.37. The summed E-state index contributed by atoms with van der Waals surface area (Å²) >= 11 is 0. The Morgan fingerprint density at radius 1 is 0.579 bits per heavy atom. The molecule has 38 heavy (non-hydrogen) atoms. The SMILES string of the molecule is C1=Cc2cc(=C(c3ccc(N4CCCC4)cc3)c3ccc(N4CCCC4)cc3)ccc2=CC1=[N+]1CCCC1. The molecular weight excluding hydrogens is 462 g/mol. The van der Waals surface area contributed by atoms with Gasteiger partial charge in [0.05, 0.1) is 0 Å². The monoisotopic (exact) mass is 500 g/mol. The number of hydrogen-bond donors (Lipinski definition) is 0. The number of anilines is 2. The first-order valence-corrected chi connectivity index (χ1v) is 14.7. The maximum Gasteiger partial charge on any atom is 0.200 e. The molecule has 0 saturated carbocycles. The summed E-state index contributed by atoms with van der Waals surface area (Å²) in [6, 6.07) is 25.7. The van der Waals surface area contributed by atoms with Crippen molar-refractivity contribution in [2.45, 2.75) is 38.5 Å². The van der Waals surface area contributed by atoms with E-state index in [2.05, 4.69) is 99.3 Å². The Morgan fingerprint density at radius 2 is 1.13 bits per heavy atom. The highest BCUT2D eigenvalue weighted by Gasteiger charge is 2.19. The fourth-order valence-electron chi connectivity index (χ4n) is 6.69. The number of hydrogen-bond acceptors (Lipinski definition) is 2. The summed E-state index contributed by atoms with van der Waals surface area (Å²) in [5.74, 6) is 0. The topological polar surface area (TPSA) is 9.49 Å². The fraction of sp³-hybridized carbons (Fsp3) is 0.343. The molecule has 192 valence electrons. The van der Waals surface area contributed by atoms with Crippen LogP contribution in [0.15, 0.2) is 72.8 Å². The van der Waals surface area contributed by atoms with Crippen LogP contribution in [-0.2, 0) is 0 Å². The first-order valence-electron chi connectivity index (χ1n) is 14.7. The third kappa shape index (κ3) is 4.60. The van der Waals surface area contributed by atoms with Crippen molar-refractivity contribution < 1.29 is 4.58 Å². The molecular formula is C35H38N3+. The molecule has 0 amide bonds. The second-order valence-corrected chi connectivity index (χ2v) is 11.3. The first-order chi connectivity index (χ1) is 18.8. The Labute approximate surface area is 226 Å². The molecule has 4 aliphatic rings. The maximum absolute atomic E-state index is 2.52. The summed E-state index contributed by atoms with van der Waals surface area (Å²) in [7, 11) is 0. The van der Waals surface area contributed by atoms with Crippen LogP contribution in [0.3, 0.4) is 0 Å². The van der Waals surface area contributed by atoms with Crippen LogP contribution in [0.1, 0.15) is 55.2 Å². The highest BCUT2D eigenvalue weighted by Crippen LogP contribution is 2.28. The molecule has 3 heteroatoms. The molecule has 0 radical (unpaired) electrons. The van der Waals surface area contributed by atoms with Crippen molar-refractivity contribution in [3.63, 3.8) is 0 Å². The molecule has 3 aromatic rings. The molecule has 0 unspecified atom stereocenters. The zero-order chi connectivity index (χ0) is 25.3. The summed E-state index contributed by atoms with van der Waals surface area (Å²) in [6.07, 6.45) is 14.8. The Balaban J connectivity index is 1.32. The standard InChI is InChI=1S/C35H38N3/c1-2-20-36(19-1)32-14-9-27(10-15-32)35(28-11-16-33(17-12-28)37-21-3-4-22-37)31-8-7-30-26-34(18-13-29(30)25-31)38-23-5-6-24-38/h7-18,25-26H,1-6,19-24H2/q+1. The Bertz CT molecular complexity index is 1430. The van der Waals surface area contributed by atoms with Gasteiger partial charge >= 0.3 is 0 Å². The van der Waals surface area contributed by atoms with Crippen LogP contribution >= 0.6 is 0 Å². The average molecular weight is 501 g/mol. The molecule has 3 fully saturated rings. The van der Waals surface area contributed by atoms with Crippen LogP contribution in [0.2, 0.25) is 0 Å². The summed E-state index contributed by atoms with van der Waals surface area (Å²) in [6.45, 7) is 7.08. The van der Waals surface area contributed by atoms with Gasteiger partial charge in [-0.15, -0.1) is 0 Å². The second kappa shape index (κ2) is 10.3. The van der Waals surface area contributed by atoms with Gasteiger partial charge in [0.1, 0.15) is 13.1 Å². The van der Waals surface area contributed by atoms with Crippen molar-refractivity contribution in [1.82, 2.24) is 0 Å². The van der Waals surface area contributed by atoms with Crippen LogP contribution in [0.25, 0.3) is 17.7 Å². The molecule has 3 saturated heterocycles. The first kappa shape index (κ1) is 23.5. The van der Waals surface area contributed by atoms with E-state index >= 15 is 0 Å². The predicted molar refractivity (Wildman–Crippen MR) is 161 cm³/mol. The van der Waals surface area contributed by atoms with Crippen molar-refractivity contribution >= 4 is 34.8 Å². The zero-order valence-electron chi connectivity index (χ0n) is 22.4. The molecule has 7 rings (SSSR count). The summed E-state index contributed by atoms with van der Waals surface area (Å²) in [4.78, 5) is 5.03. The molecule has 0 bridgehead atoms. The minimum absolute atomic E-state index is 1.18. The number of allylic oxidation sites excluding steroid dienone is 1. The van der Waals surface area contributed by atoms with E-state index in [0.717, 1.165) is 0 Å². The van der Waals surface area contributed by atoms with E-state index in [9.17, 15) is 0 Å². The molecule has 0 atom stereocenters. The third-order valence-electron chi connectivity index (χ3n) is 8.84. The van der Waals surface area contributed by atoms with Gasteiger partial charge in [-0.1, -0.05) is 36.4 Å². The van der Waals surface area contributed by atoms with Crippen molar-refractivity contribution in [3.8, 4) is 0 Å². The van der Waals surface area contributed by atoms with Crippen molar-refractivity contribution in [2.75, 3.05) is 49.1 Å². The van der Waals surface area contributed by atoms with Crippen molar-refractivity contribution in [1.29, 1.82) is 0 Å². The average Bonchev–Trinajstić information content (AvgIpc) is 3.78. The highest BCUT2D eigenvalue weighted by molar-refractivity contribution is 6.17. The fourth-order valence-corrected chi connectivity index (χ4v) is 6.69. The third-order valence-corrected chi connectivity index (χ3v) is 8.84. The smallest absolute Gasteiger partial charge is 0.200 e. The normalized spacial score (nSPS) is 18.7. The van der Waals surface area contributed by atoms with Gasteiger partial charge in [-0.2, -0.15) is 0 Å². The molecule has 1 aliphatic carbocycles. The lowest BCUT2D eigenvalue weighted by molar-refractivity contribution is -0.503.